The lowest BCUT2D eigenvalue weighted by atomic mass is 10.0. The van der Waals surface area contributed by atoms with Crippen molar-refractivity contribution in [2.24, 2.45) is 0 Å². The molecule has 0 fully saturated rings. The van der Waals surface area contributed by atoms with Gasteiger partial charge in [-0.15, -0.1) is 0 Å². The number of rotatable bonds is 2. The molecule has 0 amide bonds. The van der Waals surface area contributed by atoms with E-state index in [0.717, 1.165) is 27.1 Å². The summed E-state index contributed by atoms with van der Waals surface area (Å²) < 4.78 is 5.94. The highest BCUT2D eigenvalue weighted by molar-refractivity contribution is 6.36. The van der Waals surface area contributed by atoms with Crippen LogP contribution in [0.25, 0.3) is 10.8 Å². The summed E-state index contributed by atoms with van der Waals surface area (Å²) in [5, 5.41) is 2.81. The molecule has 1 heterocycles. The Balaban J connectivity index is 2.23. The second kappa shape index (κ2) is 4.43. The van der Waals surface area contributed by atoms with E-state index in [4.69, 9.17) is 21.2 Å². The number of benzene rings is 2. The van der Waals surface area contributed by atoms with Crippen molar-refractivity contribution in [1.82, 2.24) is 5.48 Å². The van der Waals surface area contributed by atoms with Crippen LogP contribution >= 0.6 is 11.6 Å². The Labute approximate surface area is 111 Å². The van der Waals surface area contributed by atoms with Gasteiger partial charge in [0.05, 0.1) is 13.2 Å². The van der Waals surface area contributed by atoms with Crippen LogP contribution in [-0.4, -0.2) is 13.2 Å². The molecule has 2 atom stereocenters. The van der Waals surface area contributed by atoms with Crippen molar-refractivity contribution >= 4 is 22.4 Å². The molecule has 4 heteroatoms. The maximum atomic E-state index is 6.33. The zero-order valence-corrected chi connectivity index (χ0v) is 11.0. The molecule has 2 aromatic carbocycles. The Bertz CT molecular complexity index is 600. The molecule has 1 N–H and O–H groups in total. The smallest absolute Gasteiger partial charge is 0.132 e. The lowest BCUT2D eigenvalue weighted by Gasteiger charge is -2.14. The summed E-state index contributed by atoms with van der Waals surface area (Å²) >= 11 is 6.33. The van der Waals surface area contributed by atoms with Gasteiger partial charge in [0.1, 0.15) is 11.9 Å². The fourth-order valence-corrected chi connectivity index (χ4v) is 2.76. The molecule has 1 aliphatic heterocycles. The average molecular weight is 264 g/mol. The van der Waals surface area contributed by atoms with Crippen LogP contribution in [0.4, 0.5) is 0 Å². The van der Waals surface area contributed by atoms with Gasteiger partial charge in [-0.25, -0.2) is 0 Å². The number of hydrogen-bond donors (Lipinski definition) is 1. The van der Waals surface area contributed by atoms with Crippen molar-refractivity contribution in [2.45, 2.75) is 19.1 Å². The first-order chi connectivity index (χ1) is 8.72. The van der Waals surface area contributed by atoms with E-state index < -0.39 is 0 Å². The third-order valence-electron chi connectivity index (χ3n) is 3.33. The molecule has 3 nitrogen and oxygen atoms in total. The van der Waals surface area contributed by atoms with E-state index in [0.29, 0.717) is 0 Å². The van der Waals surface area contributed by atoms with E-state index in [9.17, 15) is 0 Å². The Morgan fingerprint density at radius 3 is 2.72 bits per heavy atom. The summed E-state index contributed by atoms with van der Waals surface area (Å²) in [5.74, 6) is 0.900. The highest BCUT2D eigenvalue weighted by atomic mass is 35.5. The monoisotopic (exact) mass is 263 g/mol. The van der Waals surface area contributed by atoms with Crippen molar-refractivity contribution in [3.05, 3.63) is 40.9 Å². The zero-order chi connectivity index (χ0) is 12.7. The highest BCUT2D eigenvalue weighted by Gasteiger charge is 2.33. The van der Waals surface area contributed by atoms with Gasteiger partial charge in [0, 0.05) is 21.4 Å². The third kappa shape index (κ3) is 1.67. The van der Waals surface area contributed by atoms with Crippen LogP contribution in [0.5, 0.6) is 5.75 Å². The Hall–Kier alpha value is -1.29. The first-order valence-corrected chi connectivity index (χ1v) is 6.26. The molecule has 3 rings (SSSR count). The predicted molar refractivity (Wildman–Crippen MR) is 71.9 cm³/mol. The minimum absolute atomic E-state index is 0.00658. The lowest BCUT2D eigenvalue weighted by molar-refractivity contribution is 0.0340. The van der Waals surface area contributed by atoms with Crippen LogP contribution in [0.1, 0.15) is 18.5 Å². The van der Waals surface area contributed by atoms with E-state index in [1.165, 1.54) is 0 Å². The van der Waals surface area contributed by atoms with Gasteiger partial charge in [-0.3, -0.25) is 0 Å². The third-order valence-corrected chi connectivity index (χ3v) is 3.64. The van der Waals surface area contributed by atoms with Crippen molar-refractivity contribution in [2.75, 3.05) is 7.11 Å². The second-order valence-corrected chi connectivity index (χ2v) is 4.85. The summed E-state index contributed by atoms with van der Waals surface area (Å²) in [6, 6.07) is 9.96. The van der Waals surface area contributed by atoms with Gasteiger partial charge in [0.15, 0.2) is 0 Å². The normalized spacial score (nSPS) is 21.9. The number of fused-ring (bicyclic) bond motifs is 3. The molecule has 94 valence electrons. The average Bonchev–Trinajstić information content (AvgIpc) is 2.68. The Morgan fingerprint density at radius 1 is 1.28 bits per heavy atom. The van der Waals surface area contributed by atoms with Crippen LogP contribution in [0.3, 0.4) is 0 Å². The van der Waals surface area contributed by atoms with Crippen molar-refractivity contribution in [1.29, 1.82) is 0 Å². The molecule has 1 aliphatic rings. The summed E-state index contributed by atoms with van der Waals surface area (Å²) in [6.45, 7) is 2.01. The van der Waals surface area contributed by atoms with Crippen LogP contribution in [0.2, 0.25) is 5.02 Å². The SMILES string of the molecule is CONC1c2cc(Cl)c3ccccc3c2OC1C. The predicted octanol–water partition coefficient (Wildman–Crippen LogP) is 3.47. The molecule has 0 spiro atoms. The second-order valence-electron chi connectivity index (χ2n) is 4.44. The van der Waals surface area contributed by atoms with Gasteiger partial charge in [0.2, 0.25) is 0 Å². The van der Waals surface area contributed by atoms with E-state index in [-0.39, 0.29) is 12.1 Å². The number of ether oxygens (including phenoxy) is 1. The fourth-order valence-electron chi connectivity index (χ4n) is 2.48. The lowest BCUT2D eigenvalue weighted by Crippen LogP contribution is -2.27. The van der Waals surface area contributed by atoms with Crippen molar-refractivity contribution in [3.63, 3.8) is 0 Å². The first-order valence-electron chi connectivity index (χ1n) is 5.88. The molecular formula is C14H14ClNO2. The molecule has 0 radical (unpaired) electrons. The maximum Gasteiger partial charge on any atom is 0.132 e. The molecular weight excluding hydrogens is 250 g/mol. The summed E-state index contributed by atoms with van der Waals surface area (Å²) in [4.78, 5) is 5.03. The van der Waals surface area contributed by atoms with E-state index in [2.05, 4.69) is 5.48 Å². The minimum atomic E-state index is 0.00658. The molecule has 0 saturated carbocycles. The summed E-state index contributed by atoms with van der Waals surface area (Å²) in [7, 11) is 1.60. The number of nitrogens with one attached hydrogen (secondary N) is 1. The van der Waals surface area contributed by atoms with Gasteiger partial charge in [-0.1, -0.05) is 35.9 Å². The minimum Gasteiger partial charge on any atom is -0.488 e. The van der Waals surface area contributed by atoms with Crippen LogP contribution in [-0.2, 0) is 4.84 Å². The number of hydroxylamine groups is 1. The van der Waals surface area contributed by atoms with Crippen LogP contribution < -0.4 is 10.2 Å². The van der Waals surface area contributed by atoms with Gasteiger partial charge in [-0.05, 0) is 13.0 Å². The topological polar surface area (TPSA) is 30.5 Å². The zero-order valence-electron chi connectivity index (χ0n) is 10.2. The molecule has 18 heavy (non-hydrogen) atoms. The number of halogens is 1. The molecule has 0 bridgehead atoms. The molecule has 0 saturated heterocycles. The molecule has 2 aromatic rings. The summed E-state index contributed by atoms with van der Waals surface area (Å²) in [5.41, 5.74) is 4.01. The van der Waals surface area contributed by atoms with E-state index in [1.54, 1.807) is 7.11 Å². The maximum absolute atomic E-state index is 6.33. The fraction of sp³-hybridized carbons (Fsp3) is 0.286. The quantitative estimate of drug-likeness (QED) is 0.842. The van der Waals surface area contributed by atoms with Gasteiger partial charge in [-0.2, -0.15) is 5.48 Å². The number of hydrogen-bond acceptors (Lipinski definition) is 3. The highest BCUT2D eigenvalue weighted by Crippen LogP contribution is 2.44. The van der Waals surface area contributed by atoms with E-state index in [1.807, 2.05) is 37.3 Å². The molecule has 0 aromatic heterocycles. The largest absolute Gasteiger partial charge is 0.488 e. The van der Waals surface area contributed by atoms with Crippen molar-refractivity contribution in [3.8, 4) is 5.75 Å². The molecule has 2 unspecified atom stereocenters. The van der Waals surface area contributed by atoms with Crippen LogP contribution in [0.15, 0.2) is 30.3 Å². The molecule has 0 aliphatic carbocycles. The van der Waals surface area contributed by atoms with Crippen molar-refractivity contribution < 1.29 is 9.57 Å². The Morgan fingerprint density at radius 2 is 2.00 bits per heavy atom. The van der Waals surface area contributed by atoms with Crippen LogP contribution in [0, 0.1) is 0 Å². The van der Waals surface area contributed by atoms with E-state index >= 15 is 0 Å². The van der Waals surface area contributed by atoms with Gasteiger partial charge < -0.3 is 9.57 Å². The standard InChI is InChI=1S/C14H14ClNO2/c1-8-13(16-17-2)11-7-12(15)9-5-3-4-6-10(9)14(11)18-8/h3-8,13,16H,1-2H3. The van der Waals surface area contributed by atoms with Gasteiger partial charge >= 0.3 is 0 Å². The summed E-state index contributed by atoms with van der Waals surface area (Å²) in [6.07, 6.45) is 0.0156. The Kier molecular flexibility index (Phi) is 2.90. The van der Waals surface area contributed by atoms with Gasteiger partial charge in [0.25, 0.3) is 0 Å². The first kappa shape index (κ1) is 11.8.